The minimum absolute atomic E-state index is 0.265. The summed E-state index contributed by atoms with van der Waals surface area (Å²) in [6.45, 7) is 18.8. The average molecular weight is 415 g/mol. The Hall–Kier alpha value is -1.54. The van der Waals surface area contributed by atoms with Crippen LogP contribution >= 0.6 is 0 Å². The maximum atomic E-state index is 11.8. The van der Waals surface area contributed by atoms with Crippen molar-refractivity contribution in [3.05, 3.63) is 0 Å². The first-order valence-corrected chi connectivity index (χ1v) is 10.2. The van der Waals surface area contributed by atoms with Crippen molar-refractivity contribution in [2.75, 3.05) is 0 Å². The molecule has 2 N–H and O–H groups in total. The third-order valence-corrected chi connectivity index (χ3v) is 6.53. The Morgan fingerprint density at radius 2 is 1.03 bits per heavy atom. The second-order valence-electron chi connectivity index (χ2n) is 11.2. The SMILES string of the molecule is CC(C)(CC1OC(C)(C)N(C(=O)O)C1(C)C)CC1OC(C)(C)N(C(=O)O)C1(C)C. The van der Waals surface area contributed by atoms with Gasteiger partial charge >= 0.3 is 12.2 Å². The molecular weight excluding hydrogens is 376 g/mol. The fourth-order valence-corrected chi connectivity index (χ4v) is 5.39. The highest BCUT2D eigenvalue weighted by Crippen LogP contribution is 2.48. The molecule has 8 heteroatoms. The molecule has 2 rings (SSSR count). The zero-order chi connectivity index (χ0) is 22.8. The van der Waals surface area contributed by atoms with Gasteiger partial charge in [-0.05, 0) is 73.6 Å². The minimum atomic E-state index is -1.00. The van der Waals surface area contributed by atoms with E-state index < -0.39 is 34.7 Å². The molecule has 29 heavy (non-hydrogen) atoms. The van der Waals surface area contributed by atoms with Crippen molar-refractivity contribution in [3.8, 4) is 0 Å². The Morgan fingerprint density at radius 1 is 0.759 bits per heavy atom. The maximum absolute atomic E-state index is 11.8. The van der Waals surface area contributed by atoms with Crippen LogP contribution in [0.5, 0.6) is 0 Å². The molecule has 0 bridgehead atoms. The highest BCUT2D eigenvalue weighted by atomic mass is 16.6. The smallest absolute Gasteiger partial charge is 0.410 e. The van der Waals surface area contributed by atoms with E-state index in [1.54, 1.807) is 27.7 Å². The van der Waals surface area contributed by atoms with Gasteiger partial charge in [0.1, 0.15) is 11.4 Å². The standard InChI is InChI=1S/C21H38N2O6/c1-17(2,11-13-18(3,4)22(15(24)25)20(7,8)28-13)12-14-19(5,6)23(16(26)27)21(9,10)29-14/h13-14H,11-12H2,1-10H3,(H,24,25)(H,26,27). The van der Waals surface area contributed by atoms with Crippen LogP contribution in [0.4, 0.5) is 9.59 Å². The summed E-state index contributed by atoms with van der Waals surface area (Å²) in [5.74, 6) is 0. The van der Waals surface area contributed by atoms with Gasteiger partial charge in [0.25, 0.3) is 0 Å². The van der Waals surface area contributed by atoms with E-state index in [1.807, 2.05) is 27.7 Å². The van der Waals surface area contributed by atoms with Crippen LogP contribution in [-0.2, 0) is 9.47 Å². The van der Waals surface area contributed by atoms with Gasteiger partial charge in [-0.15, -0.1) is 0 Å². The van der Waals surface area contributed by atoms with Gasteiger partial charge < -0.3 is 19.7 Å². The summed E-state index contributed by atoms with van der Waals surface area (Å²) in [5, 5.41) is 19.4. The second kappa shape index (κ2) is 6.74. The van der Waals surface area contributed by atoms with E-state index in [2.05, 4.69) is 13.8 Å². The molecule has 0 radical (unpaired) electrons. The summed E-state index contributed by atoms with van der Waals surface area (Å²) in [6.07, 6.45) is -1.35. The van der Waals surface area contributed by atoms with Gasteiger partial charge in [0.2, 0.25) is 0 Å². The maximum Gasteiger partial charge on any atom is 0.410 e. The third-order valence-electron chi connectivity index (χ3n) is 6.53. The van der Waals surface area contributed by atoms with E-state index in [4.69, 9.17) is 9.47 Å². The molecular formula is C21H38N2O6. The molecule has 2 heterocycles. The molecule has 2 amide bonds. The van der Waals surface area contributed by atoms with Gasteiger partial charge in [-0.3, -0.25) is 9.80 Å². The number of carboxylic acid groups (broad SMARTS) is 2. The first-order valence-electron chi connectivity index (χ1n) is 10.2. The van der Waals surface area contributed by atoms with Gasteiger partial charge in [-0.25, -0.2) is 9.59 Å². The molecule has 2 aliphatic heterocycles. The Kier molecular flexibility index (Phi) is 5.51. The lowest BCUT2D eigenvalue weighted by Gasteiger charge is -2.40. The molecule has 2 fully saturated rings. The van der Waals surface area contributed by atoms with Gasteiger partial charge in [-0.1, -0.05) is 13.8 Å². The number of hydrogen-bond donors (Lipinski definition) is 2. The lowest BCUT2D eigenvalue weighted by atomic mass is 9.74. The Balaban J connectivity index is 2.23. The van der Waals surface area contributed by atoms with Crippen molar-refractivity contribution < 1.29 is 29.3 Å². The number of hydrogen-bond acceptors (Lipinski definition) is 4. The summed E-state index contributed by atoms with van der Waals surface area (Å²) in [5.41, 5.74) is -3.47. The van der Waals surface area contributed by atoms with E-state index in [1.165, 1.54) is 9.80 Å². The quantitative estimate of drug-likeness (QED) is 0.698. The van der Waals surface area contributed by atoms with Crippen molar-refractivity contribution in [3.63, 3.8) is 0 Å². The first-order chi connectivity index (χ1) is 12.8. The topological polar surface area (TPSA) is 99.5 Å². The van der Waals surface area contributed by atoms with E-state index in [0.29, 0.717) is 12.8 Å². The van der Waals surface area contributed by atoms with E-state index in [-0.39, 0.29) is 17.6 Å². The van der Waals surface area contributed by atoms with Crippen LogP contribution in [0.3, 0.4) is 0 Å². The molecule has 0 aromatic heterocycles. The predicted octanol–water partition coefficient (Wildman–Crippen LogP) is 4.58. The van der Waals surface area contributed by atoms with Gasteiger partial charge in [-0.2, -0.15) is 0 Å². The summed E-state index contributed by atoms with van der Waals surface area (Å²) in [4.78, 5) is 26.5. The number of rotatable bonds is 4. The van der Waals surface area contributed by atoms with Crippen molar-refractivity contribution in [1.82, 2.24) is 9.80 Å². The van der Waals surface area contributed by atoms with Crippen molar-refractivity contribution in [2.45, 2.75) is 117 Å². The molecule has 0 saturated carbocycles. The molecule has 2 aliphatic rings. The largest absolute Gasteiger partial charge is 0.465 e. The Morgan fingerprint density at radius 3 is 1.24 bits per heavy atom. The zero-order valence-corrected chi connectivity index (χ0v) is 19.5. The molecule has 168 valence electrons. The van der Waals surface area contributed by atoms with Crippen molar-refractivity contribution in [2.24, 2.45) is 5.41 Å². The summed E-state index contributed by atoms with van der Waals surface area (Å²) >= 11 is 0. The van der Waals surface area contributed by atoms with Gasteiger partial charge in [0.15, 0.2) is 0 Å². The highest BCUT2D eigenvalue weighted by molar-refractivity contribution is 5.68. The summed E-state index contributed by atoms with van der Waals surface area (Å²) in [7, 11) is 0. The van der Waals surface area contributed by atoms with Gasteiger partial charge in [0.05, 0.1) is 23.3 Å². The lowest BCUT2D eigenvalue weighted by molar-refractivity contribution is -0.0871. The Labute approximate surface area is 174 Å². The predicted molar refractivity (Wildman–Crippen MR) is 109 cm³/mol. The van der Waals surface area contributed by atoms with Crippen LogP contribution in [0.1, 0.15) is 82.1 Å². The van der Waals surface area contributed by atoms with Crippen LogP contribution < -0.4 is 0 Å². The number of carbonyl (C=O) groups is 2. The van der Waals surface area contributed by atoms with E-state index in [0.717, 1.165) is 0 Å². The molecule has 0 aromatic carbocycles. The monoisotopic (exact) mass is 414 g/mol. The summed E-state index contributed by atoms with van der Waals surface area (Å²) in [6, 6.07) is 0. The number of nitrogens with zero attached hydrogens (tertiary/aromatic N) is 2. The molecule has 8 nitrogen and oxygen atoms in total. The molecule has 2 unspecified atom stereocenters. The molecule has 0 aromatic rings. The second-order valence-corrected chi connectivity index (χ2v) is 11.2. The third kappa shape index (κ3) is 4.06. The minimum Gasteiger partial charge on any atom is -0.465 e. The lowest BCUT2D eigenvalue weighted by Crippen LogP contribution is -2.54. The number of ether oxygens (including phenoxy) is 2. The van der Waals surface area contributed by atoms with Crippen LogP contribution in [0.15, 0.2) is 0 Å². The Bertz CT molecular complexity index is 627. The fraction of sp³-hybridized carbons (Fsp3) is 0.905. The average Bonchev–Trinajstić information content (AvgIpc) is 2.70. The van der Waals surface area contributed by atoms with Crippen LogP contribution in [-0.4, -0.2) is 66.9 Å². The number of amides is 2. The summed E-state index contributed by atoms with van der Waals surface area (Å²) < 4.78 is 12.4. The van der Waals surface area contributed by atoms with Crippen molar-refractivity contribution >= 4 is 12.2 Å². The van der Waals surface area contributed by atoms with E-state index >= 15 is 0 Å². The molecule has 2 saturated heterocycles. The van der Waals surface area contributed by atoms with Gasteiger partial charge in [0, 0.05) is 0 Å². The van der Waals surface area contributed by atoms with Crippen molar-refractivity contribution in [1.29, 1.82) is 0 Å². The fourth-order valence-electron chi connectivity index (χ4n) is 5.39. The molecule has 0 spiro atoms. The molecule has 2 atom stereocenters. The first kappa shape index (κ1) is 23.7. The highest BCUT2D eigenvalue weighted by Gasteiger charge is 2.58. The van der Waals surface area contributed by atoms with Crippen LogP contribution in [0.25, 0.3) is 0 Å². The normalized spacial score (nSPS) is 29.9. The van der Waals surface area contributed by atoms with Crippen LogP contribution in [0, 0.1) is 5.41 Å². The molecule has 0 aliphatic carbocycles. The zero-order valence-electron chi connectivity index (χ0n) is 19.5. The van der Waals surface area contributed by atoms with E-state index in [9.17, 15) is 19.8 Å². The van der Waals surface area contributed by atoms with Crippen LogP contribution in [0.2, 0.25) is 0 Å².